The average molecular weight is 441 g/mol. The predicted octanol–water partition coefficient (Wildman–Crippen LogP) is 2.75. The van der Waals surface area contributed by atoms with Gasteiger partial charge in [0.05, 0.1) is 5.39 Å². The number of rotatable bonds is 0. The van der Waals surface area contributed by atoms with Crippen molar-refractivity contribution < 1.29 is 33.4 Å². The number of hydrogen-bond acceptors (Lipinski definition) is 1. The second-order valence-electron chi connectivity index (χ2n) is 7.84. The van der Waals surface area contributed by atoms with Crippen LogP contribution in [0.25, 0.3) is 43.6 Å². The fourth-order valence-electron chi connectivity index (χ4n) is 3.99. The van der Waals surface area contributed by atoms with Crippen molar-refractivity contribution in [2.75, 3.05) is 0 Å². The number of aromatic nitrogens is 1. The highest BCUT2D eigenvalue weighted by atomic mass is 127. The number of H-pyrrole nitrogens is 1. The molecule has 2 aromatic heterocycles. The lowest BCUT2D eigenvalue weighted by atomic mass is 9.83. The summed E-state index contributed by atoms with van der Waals surface area (Å²) in [5.74, 6) is 0. The van der Waals surface area contributed by atoms with Gasteiger partial charge in [-0.05, 0) is 46.4 Å². The Balaban J connectivity index is 0.00000157. The number of benzene rings is 3. The molecule has 3 aromatic carbocycles. The lowest BCUT2D eigenvalue weighted by molar-refractivity contribution is -0.343. The summed E-state index contributed by atoms with van der Waals surface area (Å²) in [5.41, 5.74) is 5.90. The Labute approximate surface area is 163 Å². The van der Waals surface area contributed by atoms with Crippen LogP contribution in [0.4, 0.5) is 0 Å². The maximum atomic E-state index is 6.10. The molecule has 0 atom stereocenters. The standard InChI is InChI=1S/C22H19NO.HI/c1-12-10-13(22(2,3)4)11-15-14-6-5-7-16-19(14)20-17(24-16)8-9-23-21(20)18(12)15;/h5-11H,1-4H3;1H. The van der Waals surface area contributed by atoms with E-state index in [9.17, 15) is 0 Å². The van der Waals surface area contributed by atoms with Crippen molar-refractivity contribution in [1.29, 1.82) is 0 Å². The van der Waals surface area contributed by atoms with Crippen molar-refractivity contribution >= 4 is 43.6 Å². The maximum absolute atomic E-state index is 6.10. The molecule has 0 bridgehead atoms. The largest absolute Gasteiger partial charge is 1.00 e. The fourth-order valence-corrected chi connectivity index (χ4v) is 3.99. The molecule has 0 radical (unpaired) electrons. The molecule has 1 N–H and O–H groups in total. The second kappa shape index (κ2) is 5.31. The Morgan fingerprint density at radius 3 is 2.40 bits per heavy atom. The molecular formula is C22H20INO. The van der Waals surface area contributed by atoms with Crippen molar-refractivity contribution in [1.82, 2.24) is 0 Å². The van der Waals surface area contributed by atoms with Crippen molar-refractivity contribution in [3.8, 4) is 0 Å². The van der Waals surface area contributed by atoms with Crippen molar-refractivity contribution in [2.24, 2.45) is 0 Å². The average Bonchev–Trinajstić information content (AvgIpc) is 2.92. The number of nitrogens with one attached hydrogen (secondary N) is 1. The van der Waals surface area contributed by atoms with Gasteiger partial charge in [-0.2, -0.15) is 0 Å². The number of halogens is 1. The molecule has 0 saturated heterocycles. The molecular weight excluding hydrogens is 421 g/mol. The lowest BCUT2D eigenvalue weighted by Gasteiger charge is -2.21. The molecule has 5 rings (SSSR count). The molecule has 2 nitrogen and oxygen atoms in total. The summed E-state index contributed by atoms with van der Waals surface area (Å²) < 4.78 is 6.10. The van der Waals surface area contributed by atoms with Gasteiger partial charge in [0.15, 0.2) is 6.20 Å². The molecule has 0 fully saturated rings. The molecule has 3 heteroatoms. The zero-order valence-electron chi connectivity index (χ0n) is 14.8. The Hall–Kier alpha value is -1.88. The van der Waals surface area contributed by atoms with E-state index in [-0.39, 0.29) is 29.4 Å². The van der Waals surface area contributed by atoms with E-state index in [2.05, 4.69) is 63.0 Å². The molecule has 126 valence electrons. The highest BCUT2D eigenvalue weighted by molar-refractivity contribution is 6.31. The van der Waals surface area contributed by atoms with Gasteiger partial charge in [0.25, 0.3) is 0 Å². The molecule has 25 heavy (non-hydrogen) atoms. The highest BCUT2D eigenvalue weighted by Gasteiger charge is 2.23. The van der Waals surface area contributed by atoms with Crippen LogP contribution in [0.5, 0.6) is 0 Å². The Bertz CT molecular complexity index is 1240. The van der Waals surface area contributed by atoms with E-state index in [1.165, 1.54) is 43.6 Å². The number of hydrogen-bond donors (Lipinski definition) is 0. The van der Waals surface area contributed by atoms with Crippen LogP contribution in [-0.2, 0) is 5.41 Å². The molecule has 0 amide bonds. The van der Waals surface area contributed by atoms with E-state index in [0.717, 1.165) is 11.2 Å². The molecule has 5 aromatic rings. The van der Waals surface area contributed by atoms with Crippen LogP contribution >= 0.6 is 0 Å². The first-order valence-electron chi connectivity index (χ1n) is 8.47. The number of furan rings is 1. The van der Waals surface area contributed by atoms with Gasteiger partial charge in [-0.3, -0.25) is 0 Å². The van der Waals surface area contributed by atoms with E-state index >= 15 is 0 Å². The third kappa shape index (κ3) is 2.18. The number of aromatic amines is 1. The van der Waals surface area contributed by atoms with Crippen LogP contribution in [0.15, 0.2) is 47.0 Å². The summed E-state index contributed by atoms with van der Waals surface area (Å²) in [7, 11) is 0. The first-order valence-corrected chi connectivity index (χ1v) is 8.47. The first-order chi connectivity index (χ1) is 11.4. The summed E-state index contributed by atoms with van der Waals surface area (Å²) in [6.45, 7) is 9.03. The molecule has 0 aliphatic rings. The molecule has 0 spiro atoms. The zero-order valence-corrected chi connectivity index (χ0v) is 17.0. The summed E-state index contributed by atoms with van der Waals surface area (Å²) in [5, 5.41) is 6.33. The SMILES string of the molecule is Cc1cc(C(C)(C)C)cc2c3cccc4oc5cc[nH+]c(c12)c5c43.[I-]. The molecule has 0 aliphatic carbocycles. The minimum atomic E-state index is 0. The molecule has 0 saturated carbocycles. The Morgan fingerprint density at radius 2 is 1.64 bits per heavy atom. The molecule has 0 unspecified atom stereocenters. The first kappa shape index (κ1) is 16.6. The van der Waals surface area contributed by atoms with Gasteiger partial charge in [0, 0.05) is 11.5 Å². The third-order valence-corrected chi connectivity index (χ3v) is 5.20. The van der Waals surface area contributed by atoms with E-state index in [1.54, 1.807) is 0 Å². The van der Waals surface area contributed by atoms with Gasteiger partial charge in [-0.1, -0.05) is 39.0 Å². The van der Waals surface area contributed by atoms with Crippen molar-refractivity contribution in [3.63, 3.8) is 0 Å². The maximum Gasteiger partial charge on any atom is 0.223 e. The normalized spacial score (nSPS) is 12.5. The minimum absolute atomic E-state index is 0. The predicted molar refractivity (Wildman–Crippen MR) is 99.9 cm³/mol. The summed E-state index contributed by atoms with van der Waals surface area (Å²) in [6, 6.07) is 13.1. The summed E-state index contributed by atoms with van der Waals surface area (Å²) in [4.78, 5) is 3.48. The minimum Gasteiger partial charge on any atom is -1.00 e. The van der Waals surface area contributed by atoms with Crippen LogP contribution in [0.1, 0.15) is 31.9 Å². The zero-order chi connectivity index (χ0) is 16.6. The van der Waals surface area contributed by atoms with Gasteiger partial charge >= 0.3 is 0 Å². The van der Waals surface area contributed by atoms with Gasteiger partial charge < -0.3 is 28.4 Å². The van der Waals surface area contributed by atoms with Gasteiger partial charge in [0.1, 0.15) is 16.6 Å². The summed E-state index contributed by atoms with van der Waals surface area (Å²) in [6.07, 6.45) is 1.98. The molecule has 2 heterocycles. The van der Waals surface area contributed by atoms with Crippen LogP contribution in [0.3, 0.4) is 0 Å². The molecule has 0 aliphatic heterocycles. The van der Waals surface area contributed by atoms with Crippen molar-refractivity contribution in [2.45, 2.75) is 33.1 Å². The van der Waals surface area contributed by atoms with Gasteiger partial charge in [-0.15, -0.1) is 0 Å². The van der Waals surface area contributed by atoms with E-state index in [0.29, 0.717) is 0 Å². The monoisotopic (exact) mass is 441 g/mol. The van der Waals surface area contributed by atoms with E-state index in [4.69, 9.17) is 4.42 Å². The topological polar surface area (TPSA) is 27.3 Å². The van der Waals surface area contributed by atoms with Crippen LogP contribution in [0.2, 0.25) is 0 Å². The smallest absolute Gasteiger partial charge is 0.223 e. The van der Waals surface area contributed by atoms with E-state index < -0.39 is 0 Å². The van der Waals surface area contributed by atoms with Crippen LogP contribution < -0.4 is 29.0 Å². The number of pyridine rings is 1. The van der Waals surface area contributed by atoms with E-state index in [1.807, 2.05) is 12.3 Å². The van der Waals surface area contributed by atoms with Crippen LogP contribution in [0, 0.1) is 6.92 Å². The quantitative estimate of drug-likeness (QED) is 0.268. The van der Waals surface area contributed by atoms with Gasteiger partial charge in [-0.25, -0.2) is 4.98 Å². The summed E-state index contributed by atoms with van der Waals surface area (Å²) >= 11 is 0. The third-order valence-electron chi connectivity index (χ3n) is 5.20. The number of fused-ring (bicyclic) bond motifs is 3. The van der Waals surface area contributed by atoms with Gasteiger partial charge in [0.2, 0.25) is 5.52 Å². The Kier molecular flexibility index (Phi) is 3.52. The second-order valence-corrected chi connectivity index (χ2v) is 7.84. The Morgan fingerprint density at radius 1 is 0.880 bits per heavy atom. The lowest BCUT2D eigenvalue weighted by Crippen LogP contribution is -3.00. The fraction of sp³-hybridized carbons (Fsp3) is 0.227. The number of aryl methyl sites for hydroxylation is 1. The highest BCUT2D eigenvalue weighted by Crippen LogP contribution is 2.42. The van der Waals surface area contributed by atoms with Crippen LogP contribution in [-0.4, -0.2) is 0 Å². The van der Waals surface area contributed by atoms with Crippen molar-refractivity contribution in [3.05, 3.63) is 53.7 Å².